The molecule has 0 radical (unpaired) electrons. The van der Waals surface area contributed by atoms with E-state index in [1.165, 1.54) is 12.1 Å². The van der Waals surface area contributed by atoms with Gasteiger partial charge < -0.3 is 10.6 Å². The van der Waals surface area contributed by atoms with Crippen molar-refractivity contribution in [1.82, 2.24) is 4.98 Å². The van der Waals surface area contributed by atoms with Crippen molar-refractivity contribution in [3.63, 3.8) is 0 Å². The third-order valence-electron chi connectivity index (χ3n) is 2.10. The summed E-state index contributed by atoms with van der Waals surface area (Å²) < 4.78 is 13.5. The van der Waals surface area contributed by atoms with Crippen LogP contribution in [0, 0.1) is 5.82 Å². The quantitative estimate of drug-likeness (QED) is 0.824. The van der Waals surface area contributed by atoms with E-state index < -0.39 is 5.82 Å². The molecule has 2 aromatic rings. The molecule has 0 aliphatic carbocycles. The van der Waals surface area contributed by atoms with Crippen LogP contribution in [0.25, 0.3) is 0 Å². The standard InChI is InChI=1S/C12H9ClFN3S/c13-8-3-4-11(10(14)6-8)17-12(18)16-9-2-1-5-15-7-9/h1-7H,(H2,16,17,18). The van der Waals surface area contributed by atoms with Gasteiger partial charge in [-0.25, -0.2) is 4.39 Å². The lowest BCUT2D eigenvalue weighted by Crippen LogP contribution is -2.19. The van der Waals surface area contributed by atoms with Crippen molar-refractivity contribution in [2.24, 2.45) is 0 Å². The fraction of sp³-hybridized carbons (Fsp3) is 0. The number of benzene rings is 1. The SMILES string of the molecule is Fc1cc(Cl)ccc1NC(=S)Nc1cccnc1. The summed E-state index contributed by atoms with van der Waals surface area (Å²) in [7, 11) is 0. The lowest BCUT2D eigenvalue weighted by Gasteiger charge is -2.10. The first-order valence-corrected chi connectivity index (χ1v) is 5.87. The molecule has 1 aromatic heterocycles. The van der Waals surface area contributed by atoms with Crippen molar-refractivity contribution >= 4 is 40.3 Å². The van der Waals surface area contributed by atoms with Crippen LogP contribution >= 0.6 is 23.8 Å². The van der Waals surface area contributed by atoms with E-state index in [9.17, 15) is 4.39 Å². The molecule has 0 aliphatic rings. The predicted molar refractivity (Wildman–Crippen MR) is 75.5 cm³/mol. The molecule has 0 unspecified atom stereocenters. The summed E-state index contributed by atoms with van der Waals surface area (Å²) in [5.41, 5.74) is 0.991. The number of anilines is 2. The maximum absolute atomic E-state index is 13.5. The van der Waals surface area contributed by atoms with Gasteiger partial charge in [0, 0.05) is 11.2 Å². The van der Waals surface area contributed by atoms with Crippen LogP contribution in [-0.4, -0.2) is 10.1 Å². The molecule has 1 heterocycles. The van der Waals surface area contributed by atoms with Gasteiger partial charge in [0.25, 0.3) is 0 Å². The number of pyridine rings is 1. The van der Waals surface area contributed by atoms with E-state index in [0.29, 0.717) is 5.02 Å². The zero-order valence-corrected chi connectivity index (χ0v) is 10.7. The first-order chi connectivity index (χ1) is 8.65. The summed E-state index contributed by atoms with van der Waals surface area (Å²) in [6, 6.07) is 7.90. The molecule has 0 bridgehead atoms. The molecular formula is C12H9ClFN3S. The Hall–Kier alpha value is -1.72. The van der Waals surface area contributed by atoms with Crippen LogP contribution in [-0.2, 0) is 0 Å². The maximum atomic E-state index is 13.5. The molecule has 6 heteroatoms. The molecule has 1 aromatic carbocycles. The van der Waals surface area contributed by atoms with Gasteiger partial charge in [-0.1, -0.05) is 11.6 Å². The topological polar surface area (TPSA) is 37.0 Å². The van der Waals surface area contributed by atoms with Crippen LogP contribution < -0.4 is 10.6 Å². The van der Waals surface area contributed by atoms with Crippen LogP contribution in [0.15, 0.2) is 42.7 Å². The second-order valence-corrected chi connectivity index (χ2v) is 4.29. The minimum Gasteiger partial charge on any atom is -0.331 e. The highest BCUT2D eigenvalue weighted by Gasteiger charge is 2.04. The van der Waals surface area contributed by atoms with Gasteiger partial charge in [0.1, 0.15) is 5.82 Å². The number of hydrogen-bond donors (Lipinski definition) is 2. The average Bonchev–Trinajstić information content (AvgIpc) is 2.34. The molecule has 0 spiro atoms. The summed E-state index contributed by atoms with van der Waals surface area (Å²) in [4.78, 5) is 3.93. The van der Waals surface area contributed by atoms with Crippen molar-refractivity contribution in [2.45, 2.75) is 0 Å². The Kier molecular flexibility index (Phi) is 4.07. The van der Waals surface area contributed by atoms with Gasteiger partial charge in [0.05, 0.1) is 17.6 Å². The third-order valence-corrected chi connectivity index (χ3v) is 2.54. The number of hydrogen-bond acceptors (Lipinski definition) is 2. The van der Waals surface area contributed by atoms with Gasteiger partial charge in [-0.3, -0.25) is 4.98 Å². The highest BCUT2D eigenvalue weighted by atomic mass is 35.5. The molecule has 92 valence electrons. The molecule has 0 atom stereocenters. The predicted octanol–water partition coefficient (Wildman–Crippen LogP) is 3.68. The van der Waals surface area contributed by atoms with Gasteiger partial charge >= 0.3 is 0 Å². The van der Waals surface area contributed by atoms with Gasteiger partial charge in [-0.05, 0) is 42.5 Å². The fourth-order valence-corrected chi connectivity index (χ4v) is 1.70. The van der Waals surface area contributed by atoms with E-state index in [1.807, 2.05) is 0 Å². The van der Waals surface area contributed by atoms with Crippen molar-refractivity contribution in [1.29, 1.82) is 0 Å². The second-order valence-electron chi connectivity index (χ2n) is 3.44. The lowest BCUT2D eigenvalue weighted by molar-refractivity contribution is 0.632. The zero-order chi connectivity index (χ0) is 13.0. The highest BCUT2D eigenvalue weighted by molar-refractivity contribution is 7.80. The van der Waals surface area contributed by atoms with Gasteiger partial charge in [-0.15, -0.1) is 0 Å². The number of rotatable bonds is 2. The van der Waals surface area contributed by atoms with Gasteiger partial charge in [-0.2, -0.15) is 0 Å². The van der Waals surface area contributed by atoms with Gasteiger partial charge in [0.15, 0.2) is 5.11 Å². The average molecular weight is 282 g/mol. The highest BCUT2D eigenvalue weighted by Crippen LogP contribution is 2.19. The molecular weight excluding hydrogens is 273 g/mol. The minimum atomic E-state index is -0.460. The lowest BCUT2D eigenvalue weighted by atomic mass is 10.3. The summed E-state index contributed by atoms with van der Waals surface area (Å²) in [5, 5.41) is 6.25. The molecule has 0 saturated heterocycles. The number of thiocarbonyl (C=S) groups is 1. The maximum Gasteiger partial charge on any atom is 0.175 e. The normalized spacial score (nSPS) is 9.89. The molecule has 2 N–H and O–H groups in total. The van der Waals surface area contributed by atoms with Crippen LogP contribution in [0.5, 0.6) is 0 Å². The number of aromatic nitrogens is 1. The Balaban J connectivity index is 2.03. The fourth-order valence-electron chi connectivity index (χ4n) is 1.31. The number of nitrogens with one attached hydrogen (secondary N) is 2. The van der Waals surface area contributed by atoms with Crippen LogP contribution in [0.3, 0.4) is 0 Å². The molecule has 0 aliphatic heterocycles. The van der Waals surface area contributed by atoms with Crippen molar-refractivity contribution in [2.75, 3.05) is 10.6 Å². The first-order valence-electron chi connectivity index (χ1n) is 5.08. The zero-order valence-electron chi connectivity index (χ0n) is 9.15. The van der Waals surface area contributed by atoms with E-state index in [4.69, 9.17) is 23.8 Å². The van der Waals surface area contributed by atoms with Gasteiger partial charge in [0.2, 0.25) is 0 Å². The molecule has 0 saturated carbocycles. The van der Waals surface area contributed by atoms with Crippen LogP contribution in [0.4, 0.5) is 15.8 Å². The van der Waals surface area contributed by atoms with Crippen LogP contribution in [0.2, 0.25) is 5.02 Å². The summed E-state index contributed by atoms with van der Waals surface area (Å²) in [6.07, 6.45) is 3.27. The Morgan fingerprint density at radius 3 is 2.78 bits per heavy atom. The molecule has 18 heavy (non-hydrogen) atoms. The van der Waals surface area contributed by atoms with E-state index in [2.05, 4.69) is 15.6 Å². The van der Waals surface area contributed by atoms with E-state index in [1.54, 1.807) is 30.6 Å². The largest absolute Gasteiger partial charge is 0.331 e. The Morgan fingerprint density at radius 1 is 1.28 bits per heavy atom. The van der Waals surface area contributed by atoms with Crippen molar-refractivity contribution in [3.05, 3.63) is 53.6 Å². The van der Waals surface area contributed by atoms with Crippen molar-refractivity contribution in [3.8, 4) is 0 Å². The van der Waals surface area contributed by atoms with E-state index in [-0.39, 0.29) is 10.8 Å². The van der Waals surface area contributed by atoms with E-state index in [0.717, 1.165) is 5.69 Å². The molecule has 0 amide bonds. The summed E-state index contributed by atoms with van der Waals surface area (Å²) in [5.74, 6) is -0.460. The molecule has 3 nitrogen and oxygen atoms in total. The minimum absolute atomic E-state index is 0.265. The molecule has 2 rings (SSSR count). The number of halogens is 2. The Bertz CT molecular complexity index is 563. The van der Waals surface area contributed by atoms with E-state index >= 15 is 0 Å². The van der Waals surface area contributed by atoms with Crippen molar-refractivity contribution < 1.29 is 4.39 Å². The monoisotopic (exact) mass is 281 g/mol. The smallest absolute Gasteiger partial charge is 0.175 e. The number of nitrogens with zero attached hydrogens (tertiary/aromatic N) is 1. The first kappa shape index (κ1) is 12.7. The summed E-state index contributed by atoms with van der Waals surface area (Å²) in [6.45, 7) is 0. The Morgan fingerprint density at radius 2 is 2.11 bits per heavy atom. The van der Waals surface area contributed by atoms with Crippen LogP contribution in [0.1, 0.15) is 0 Å². The second kappa shape index (κ2) is 5.75. The Labute approximate surface area is 114 Å². The third kappa shape index (κ3) is 3.38. The summed E-state index contributed by atoms with van der Waals surface area (Å²) >= 11 is 10.7. The molecule has 0 fully saturated rings.